The maximum absolute atomic E-state index is 12.3. The van der Waals surface area contributed by atoms with Crippen molar-refractivity contribution in [3.8, 4) is 0 Å². The molecule has 1 fully saturated rings. The molecule has 3 aromatic rings. The fourth-order valence-electron chi connectivity index (χ4n) is 4.45. The number of hydrogen-bond donors (Lipinski definition) is 2. The number of nitrogens with zero attached hydrogens (tertiary/aromatic N) is 1. The Morgan fingerprint density at radius 1 is 1.14 bits per heavy atom. The van der Waals surface area contributed by atoms with Crippen LogP contribution in [-0.2, 0) is 13.1 Å². The Morgan fingerprint density at radius 2 is 1.89 bits per heavy atom. The molecule has 0 bridgehead atoms. The summed E-state index contributed by atoms with van der Waals surface area (Å²) in [6, 6.07) is 15.0. The molecule has 1 aliphatic rings. The lowest BCUT2D eigenvalue weighted by Gasteiger charge is -2.13. The molecule has 0 unspecified atom stereocenters. The summed E-state index contributed by atoms with van der Waals surface area (Å²) < 4.78 is 1.98. The van der Waals surface area contributed by atoms with Gasteiger partial charge in [-0.3, -0.25) is 0 Å². The van der Waals surface area contributed by atoms with Gasteiger partial charge in [0.05, 0.1) is 0 Å². The lowest BCUT2D eigenvalue weighted by atomic mass is 10.1. The third kappa shape index (κ3) is 3.57. The van der Waals surface area contributed by atoms with E-state index >= 15 is 0 Å². The molecule has 0 saturated heterocycles. The molecule has 0 radical (unpaired) electrons. The van der Waals surface area contributed by atoms with Gasteiger partial charge in [0.25, 0.3) is 0 Å². The van der Waals surface area contributed by atoms with Crippen LogP contribution in [0.2, 0.25) is 0 Å². The molecule has 146 valence electrons. The van der Waals surface area contributed by atoms with Crippen molar-refractivity contribution in [3.05, 3.63) is 70.4 Å². The molecule has 28 heavy (non-hydrogen) atoms. The average Bonchev–Trinajstić information content (AvgIpc) is 3.28. The normalized spacial score (nSPS) is 14.8. The van der Waals surface area contributed by atoms with Crippen LogP contribution in [0, 0.1) is 13.8 Å². The lowest BCUT2D eigenvalue weighted by Crippen LogP contribution is -2.26. The van der Waals surface area contributed by atoms with Gasteiger partial charge in [-0.2, -0.15) is 0 Å². The summed E-state index contributed by atoms with van der Waals surface area (Å²) in [5.74, 6) is -0.856. The van der Waals surface area contributed by atoms with Crippen LogP contribution in [0.15, 0.2) is 42.5 Å². The monoisotopic (exact) mass is 376 g/mol. The number of carbonyl (C=O) groups is 1. The first kappa shape index (κ1) is 18.8. The topological polar surface area (TPSA) is 54.3 Å². The van der Waals surface area contributed by atoms with Gasteiger partial charge in [0.1, 0.15) is 5.69 Å². The number of nitrogens with one attached hydrogen (secondary N) is 1. The van der Waals surface area contributed by atoms with Crippen LogP contribution in [0.1, 0.15) is 58.4 Å². The average molecular weight is 377 g/mol. The van der Waals surface area contributed by atoms with Crippen molar-refractivity contribution in [2.24, 2.45) is 0 Å². The molecule has 2 N–H and O–H groups in total. The lowest BCUT2D eigenvalue weighted by molar-refractivity contribution is 0.0684. The summed E-state index contributed by atoms with van der Waals surface area (Å²) in [6.07, 6.45) is 4.89. The van der Waals surface area contributed by atoms with Gasteiger partial charge in [-0.1, -0.05) is 49.2 Å². The maximum Gasteiger partial charge on any atom is 0.352 e. The number of aromatic nitrogens is 1. The van der Waals surface area contributed by atoms with E-state index in [2.05, 4.69) is 49.5 Å². The Morgan fingerprint density at radius 3 is 2.61 bits per heavy atom. The van der Waals surface area contributed by atoms with Crippen molar-refractivity contribution in [1.82, 2.24) is 9.88 Å². The fourth-order valence-corrected chi connectivity index (χ4v) is 4.45. The molecule has 0 atom stereocenters. The van der Waals surface area contributed by atoms with Gasteiger partial charge in [0.2, 0.25) is 0 Å². The predicted octanol–water partition coefficient (Wildman–Crippen LogP) is 5.04. The van der Waals surface area contributed by atoms with Crippen LogP contribution < -0.4 is 5.32 Å². The van der Waals surface area contributed by atoms with E-state index in [1.54, 1.807) is 0 Å². The van der Waals surface area contributed by atoms with Crippen molar-refractivity contribution in [3.63, 3.8) is 0 Å². The summed E-state index contributed by atoms with van der Waals surface area (Å²) in [7, 11) is 0. The van der Waals surface area contributed by atoms with E-state index < -0.39 is 5.97 Å². The molecule has 0 aliphatic heterocycles. The van der Waals surface area contributed by atoms with Crippen molar-refractivity contribution in [2.45, 2.75) is 58.7 Å². The van der Waals surface area contributed by atoms with E-state index in [0.29, 0.717) is 24.8 Å². The largest absolute Gasteiger partial charge is 0.477 e. The summed E-state index contributed by atoms with van der Waals surface area (Å²) in [4.78, 5) is 12.3. The zero-order valence-corrected chi connectivity index (χ0v) is 16.7. The van der Waals surface area contributed by atoms with Crippen LogP contribution in [0.5, 0.6) is 0 Å². The first-order valence-corrected chi connectivity index (χ1v) is 10.2. The highest BCUT2D eigenvalue weighted by atomic mass is 16.4. The molecule has 0 amide bonds. The van der Waals surface area contributed by atoms with Crippen molar-refractivity contribution >= 4 is 16.9 Å². The number of carboxylic acid groups (broad SMARTS) is 1. The van der Waals surface area contributed by atoms with Crippen LogP contribution in [0.3, 0.4) is 0 Å². The number of benzene rings is 2. The van der Waals surface area contributed by atoms with E-state index in [1.165, 1.54) is 31.2 Å². The van der Waals surface area contributed by atoms with Gasteiger partial charge in [0, 0.05) is 35.6 Å². The molecule has 1 aliphatic carbocycles. The van der Waals surface area contributed by atoms with Gasteiger partial charge in [-0.25, -0.2) is 4.79 Å². The summed E-state index contributed by atoms with van der Waals surface area (Å²) >= 11 is 0. The summed E-state index contributed by atoms with van der Waals surface area (Å²) in [5.41, 5.74) is 5.79. The van der Waals surface area contributed by atoms with E-state index in [0.717, 1.165) is 27.6 Å². The van der Waals surface area contributed by atoms with Gasteiger partial charge in [0.15, 0.2) is 0 Å². The number of aromatic carboxylic acids is 1. The van der Waals surface area contributed by atoms with E-state index in [9.17, 15) is 9.90 Å². The summed E-state index contributed by atoms with van der Waals surface area (Å²) in [5, 5.41) is 14.8. The van der Waals surface area contributed by atoms with Gasteiger partial charge in [-0.05, 0) is 49.4 Å². The zero-order chi connectivity index (χ0) is 19.7. The smallest absolute Gasteiger partial charge is 0.352 e. The molecule has 1 heterocycles. The van der Waals surface area contributed by atoms with Crippen LogP contribution in [-0.4, -0.2) is 21.7 Å². The highest BCUT2D eigenvalue weighted by molar-refractivity contribution is 5.98. The third-order valence-corrected chi connectivity index (χ3v) is 6.04. The molecular weight excluding hydrogens is 348 g/mol. The zero-order valence-electron chi connectivity index (χ0n) is 16.7. The molecule has 2 aromatic carbocycles. The maximum atomic E-state index is 12.3. The Labute approximate surface area is 166 Å². The van der Waals surface area contributed by atoms with Crippen molar-refractivity contribution in [2.75, 3.05) is 0 Å². The first-order chi connectivity index (χ1) is 13.5. The molecule has 0 spiro atoms. The SMILES string of the molecule is Cc1ccc2c(CNC3CCCC3)c(C(=O)O)n(Cc3ccccc3C)c2c1. The van der Waals surface area contributed by atoms with Crippen LogP contribution in [0.4, 0.5) is 0 Å². The number of fused-ring (bicyclic) bond motifs is 1. The second-order valence-corrected chi connectivity index (χ2v) is 8.03. The number of hydrogen-bond acceptors (Lipinski definition) is 2. The second-order valence-electron chi connectivity index (χ2n) is 8.03. The second kappa shape index (κ2) is 7.80. The highest BCUT2D eigenvalue weighted by Gasteiger charge is 2.24. The molecule has 1 aromatic heterocycles. The Kier molecular flexibility index (Phi) is 5.23. The molecule has 4 heteroatoms. The number of rotatable bonds is 6. The van der Waals surface area contributed by atoms with Gasteiger partial charge >= 0.3 is 5.97 Å². The quantitative estimate of drug-likeness (QED) is 0.634. The van der Waals surface area contributed by atoms with Crippen LogP contribution >= 0.6 is 0 Å². The third-order valence-electron chi connectivity index (χ3n) is 6.04. The van der Waals surface area contributed by atoms with Gasteiger partial charge in [-0.15, -0.1) is 0 Å². The molecule has 4 rings (SSSR count). The minimum Gasteiger partial charge on any atom is -0.477 e. The highest BCUT2D eigenvalue weighted by Crippen LogP contribution is 2.30. The van der Waals surface area contributed by atoms with E-state index in [-0.39, 0.29) is 0 Å². The van der Waals surface area contributed by atoms with E-state index in [1.807, 2.05) is 16.7 Å². The van der Waals surface area contributed by atoms with Crippen molar-refractivity contribution < 1.29 is 9.90 Å². The Bertz CT molecular complexity index is 1010. The minimum atomic E-state index is -0.856. The molecule has 1 saturated carbocycles. The van der Waals surface area contributed by atoms with Crippen LogP contribution in [0.25, 0.3) is 10.9 Å². The Hall–Kier alpha value is -2.59. The predicted molar refractivity (Wildman–Crippen MR) is 113 cm³/mol. The molecule has 4 nitrogen and oxygen atoms in total. The Balaban J connectivity index is 1.82. The molecular formula is C24H28N2O2. The minimum absolute atomic E-state index is 0.411. The summed E-state index contributed by atoms with van der Waals surface area (Å²) in [6.45, 7) is 5.31. The fraction of sp³-hybridized carbons (Fsp3) is 0.375. The van der Waals surface area contributed by atoms with E-state index in [4.69, 9.17) is 0 Å². The van der Waals surface area contributed by atoms with Gasteiger partial charge < -0.3 is 15.0 Å². The number of aryl methyl sites for hydroxylation is 2. The number of carboxylic acids is 1. The first-order valence-electron chi connectivity index (χ1n) is 10.2. The van der Waals surface area contributed by atoms with Crippen molar-refractivity contribution in [1.29, 1.82) is 0 Å². The standard InChI is InChI=1S/C24H28N2O2/c1-16-11-12-20-21(14-25-19-9-5-6-10-19)23(24(27)28)26(22(20)13-16)15-18-8-4-3-7-17(18)2/h3-4,7-8,11-13,19,25H,5-6,9-10,14-15H2,1-2H3,(H,27,28).